The Balaban J connectivity index is 1.49. The Bertz CT molecular complexity index is 328. The molecule has 2 nitrogen and oxygen atoms in total. The monoisotopic (exact) mass is 277 g/mol. The number of ether oxygens (including phenoxy) is 1. The molecule has 114 valence electrons. The van der Waals surface area contributed by atoms with Gasteiger partial charge in [-0.25, -0.2) is 0 Å². The third kappa shape index (κ3) is 1.98. The van der Waals surface area contributed by atoms with E-state index >= 15 is 0 Å². The molecule has 1 saturated heterocycles. The SMILES string of the molecule is CCC1(CC)COC(C23CC4CC(CC(C4)C2)C3)CN1. The Hall–Kier alpha value is -0.0800. The summed E-state index contributed by atoms with van der Waals surface area (Å²) in [7, 11) is 0. The standard InChI is InChI=1S/C18H31NO/c1-3-18(4-2)12-20-16(11-19-18)17-8-13-5-14(9-17)7-15(6-13)10-17/h13-16,19H,3-12H2,1-2H3. The van der Waals surface area contributed by atoms with Crippen LogP contribution in [0.4, 0.5) is 0 Å². The van der Waals surface area contributed by atoms with Crippen LogP contribution in [0.25, 0.3) is 0 Å². The lowest BCUT2D eigenvalue weighted by Gasteiger charge is -2.60. The summed E-state index contributed by atoms with van der Waals surface area (Å²) in [6.45, 7) is 6.63. The molecule has 2 heteroatoms. The Labute approximate surface area is 124 Å². The molecule has 1 heterocycles. The van der Waals surface area contributed by atoms with E-state index in [1.54, 1.807) is 0 Å². The first-order valence-corrected chi connectivity index (χ1v) is 9.03. The highest BCUT2D eigenvalue weighted by atomic mass is 16.5. The maximum atomic E-state index is 6.50. The van der Waals surface area contributed by atoms with Gasteiger partial charge in [0.2, 0.25) is 0 Å². The van der Waals surface area contributed by atoms with Crippen molar-refractivity contribution in [1.29, 1.82) is 0 Å². The molecule has 1 atom stereocenters. The molecule has 0 aromatic rings. The van der Waals surface area contributed by atoms with Crippen LogP contribution in [-0.4, -0.2) is 24.8 Å². The predicted molar refractivity (Wildman–Crippen MR) is 81.7 cm³/mol. The molecule has 5 aliphatic rings. The van der Waals surface area contributed by atoms with Crippen molar-refractivity contribution in [2.24, 2.45) is 23.2 Å². The first-order chi connectivity index (χ1) is 9.67. The van der Waals surface area contributed by atoms with Crippen molar-refractivity contribution in [2.45, 2.75) is 76.9 Å². The molecule has 5 fully saturated rings. The Morgan fingerprint density at radius 2 is 1.50 bits per heavy atom. The first kappa shape index (κ1) is 13.6. The second-order valence-corrected chi connectivity index (χ2v) is 8.45. The van der Waals surface area contributed by atoms with Gasteiger partial charge in [0.05, 0.1) is 12.7 Å². The Morgan fingerprint density at radius 3 is 1.90 bits per heavy atom. The number of rotatable bonds is 3. The lowest BCUT2D eigenvalue weighted by Crippen LogP contribution is -2.63. The topological polar surface area (TPSA) is 21.3 Å². The summed E-state index contributed by atoms with van der Waals surface area (Å²) < 4.78 is 6.50. The average Bonchev–Trinajstić information content (AvgIpc) is 2.46. The van der Waals surface area contributed by atoms with Crippen LogP contribution in [0.1, 0.15) is 65.2 Å². The summed E-state index contributed by atoms with van der Waals surface area (Å²) in [5, 5.41) is 3.88. The molecule has 1 aliphatic heterocycles. The third-order valence-corrected chi connectivity index (χ3v) is 7.35. The Kier molecular flexibility index (Phi) is 3.20. The van der Waals surface area contributed by atoms with Crippen molar-refractivity contribution in [3.05, 3.63) is 0 Å². The largest absolute Gasteiger partial charge is 0.374 e. The highest BCUT2D eigenvalue weighted by molar-refractivity contribution is 5.07. The third-order valence-electron chi connectivity index (χ3n) is 7.35. The zero-order chi connectivity index (χ0) is 13.8. The van der Waals surface area contributed by atoms with Gasteiger partial charge in [-0.05, 0) is 74.5 Å². The van der Waals surface area contributed by atoms with Crippen molar-refractivity contribution < 1.29 is 4.74 Å². The van der Waals surface area contributed by atoms with Crippen LogP contribution in [0.15, 0.2) is 0 Å². The van der Waals surface area contributed by atoms with Gasteiger partial charge in [-0.3, -0.25) is 0 Å². The molecule has 0 radical (unpaired) electrons. The van der Waals surface area contributed by atoms with Crippen LogP contribution >= 0.6 is 0 Å². The van der Waals surface area contributed by atoms with Gasteiger partial charge in [0.1, 0.15) is 0 Å². The lowest BCUT2D eigenvalue weighted by molar-refractivity contribution is -0.166. The van der Waals surface area contributed by atoms with Gasteiger partial charge in [0.15, 0.2) is 0 Å². The van der Waals surface area contributed by atoms with Crippen LogP contribution < -0.4 is 5.32 Å². The fourth-order valence-corrected chi connectivity index (χ4v) is 6.35. The van der Waals surface area contributed by atoms with E-state index in [0.29, 0.717) is 11.5 Å². The molecule has 1 unspecified atom stereocenters. The molecule has 0 spiro atoms. The van der Waals surface area contributed by atoms with Gasteiger partial charge in [0, 0.05) is 12.1 Å². The maximum absolute atomic E-state index is 6.50. The highest BCUT2D eigenvalue weighted by Crippen LogP contribution is 2.62. The van der Waals surface area contributed by atoms with Crippen LogP contribution in [0.2, 0.25) is 0 Å². The number of hydrogen-bond acceptors (Lipinski definition) is 2. The summed E-state index contributed by atoms with van der Waals surface area (Å²) in [4.78, 5) is 0. The van der Waals surface area contributed by atoms with Crippen molar-refractivity contribution in [3.63, 3.8) is 0 Å². The minimum absolute atomic E-state index is 0.263. The molecule has 20 heavy (non-hydrogen) atoms. The smallest absolute Gasteiger partial charge is 0.0756 e. The molecule has 4 saturated carbocycles. The Morgan fingerprint density at radius 1 is 0.950 bits per heavy atom. The lowest BCUT2D eigenvalue weighted by atomic mass is 9.48. The average molecular weight is 277 g/mol. The van der Waals surface area contributed by atoms with Crippen molar-refractivity contribution in [2.75, 3.05) is 13.2 Å². The van der Waals surface area contributed by atoms with E-state index in [1.807, 2.05) is 0 Å². The molecule has 0 aromatic carbocycles. The minimum atomic E-state index is 0.263. The summed E-state index contributed by atoms with van der Waals surface area (Å²) in [5.41, 5.74) is 0.814. The van der Waals surface area contributed by atoms with E-state index in [-0.39, 0.29) is 5.54 Å². The van der Waals surface area contributed by atoms with E-state index in [9.17, 15) is 0 Å². The molecule has 1 N–H and O–H groups in total. The van der Waals surface area contributed by atoms with Gasteiger partial charge < -0.3 is 10.1 Å². The van der Waals surface area contributed by atoms with Crippen molar-refractivity contribution in [1.82, 2.24) is 5.32 Å². The quantitative estimate of drug-likeness (QED) is 0.848. The van der Waals surface area contributed by atoms with Crippen molar-refractivity contribution in [3.8, 4) is 0 Å². The molecule has 5 rings (SSSR count). The highest BCUT2D eigenvalue weighted by Gasteiger charge is 2.55. The van der Waals surface area contributed by atoms with E-state index < -0.39 is 0 Å². The molecular formula is C18H31NO. The van der Waals surface area contributed by atoms with E-state index in [4.69, 9.17) is 4.74 Å². The van der Waals surface area contributed by atoms with E-state index in [2.05, 4.69) is 19.2 Å². The summed E-state index contributed by atoms with van der Waals surface area (Å²) in [5.74, 6) is 3.11. The van der Waals surface area contributed by atoms with Gasteiger partial charge in [-0.15, -0.1) is 0 Å². The fourth-order valence-electron chi connectivity index (χ4n) is 6.35. The van der Waals surface area contributed by atoms with Gasteiger partial charge >= 0.3 is 0 Å². The molecule has 0 amide bonds. The van der Waals surface area contributed by atoms with Gasteiger partial charge in [-0.2, -0.15) is 0 Å². The van der Waals surface area contributed by atoms with Crippen LogP contribution in [-0.2, 0) is 4.74 Å². The number of morpholine rings is 1. The summed E-state index contributed by atoms with van der Waals surface area (Å²) in [6.07, 6.45) is 11.9. The summed E-state index contributed by atoms with van der Waals surface area (Å²) >= 11 is 0. The fraction of sp³-hybridized carbons (Fsp3) is 1.00. The normalized spacial score (nSPS) is 49.5. The zero-order valence-corrected chi connectivity index (χ0v) is 13.3. The summed E-state index contributed by atoms with van der Waals surface area (Å²) in [6, 6.07) is 0. The first-order valence-electron chi connectivity index (χ1n) is 9.03. The van der Waals surface area contributed by atoms with E-state index in [1.165, 1.54) is 51.4 Å². The molecular weight excluding hydrogens is 246 g/mol. The van der Waals surface area contributed by atoms with Crippen LogP contribution in [0.3, 0.4) is 0 Å². The molecule has 0 aromatic heterocycles. The van der Waals surface area contributed by atoms with E-state index in [0.717, 1.165) is 30.9 Å². The van der Waals surface area contributed by atoms with Crippen LogP contribution in [0, 0.1) is 23.2 Å². The predicted octanol–water partition coefficient (Wildman–Crippen LogP) is 3.75. The van der Waals surface area contributed by atoms with Gasteiger partial charge in [0.25, 0.3) is 0 Å². The van der Waals surface area contributed by atoms with Gasteiger partial charge in [-0.1, -0.05) is 13.8 Å². The zero-order valence-electron chi connectivity index (χ0n) is 13.3. The number of nitrogens with one attached hydrogen (secondary N) is 1. The second-order valence-electron chi connectivity index (χ2n) is 8.45. The minimum Gasteiger partial charge on any atom is -0.374 e. The number of hydrogen-bond donors (Lipinski definition) is 1. The second kappa shape index (κ2) is 4.71. The van der Waals surface area contributed by atoms with Crippen molar-refractivity contribution >= 4 is 0 Å². The molecule has 4 bridgehead atoms. The molecule has 4 aliphatic carbocycles. The van der Waals surface area contributed by atoms with Crippen LogP contribution in [0.5, 0.6) is 0 Å². The maximum Gasteiger partial charge on any atom is 0.0756 e.